The van der Waals surface area contributed by atoms with Gasteiger partial charge in [-0.1, -0.05) is 153 Å². The maximum absolute atomic E-state index is 12.7. The number of carbonyl (C=O) groups is 3. The first kappa shape index (κ1) is 48.4. The van der Waals surface area contributed by atoms with Crippen LogP contribution in [0, 0.1) is 0 Å². The van der Waals surface area contributed by atoms with Crippen LogP contribution in [0.5, 0.6) is 0 Å². The summed E-state index contributed by atoms with van der Waals surface area (Å²) in [6.07, 6.45) is 45.3. The molecule has 0 heterocycles. The fourth-order valence-corrected chi connectivity index (χ4v) is 5.62. The highest BCUT2D eigenvalue weighted by Crippen LogP contribution is 2.13. The lowest BCUT2D eigenvalue weighted by atomic mass is 10.1. The van der Waals surface area contributed by atoms with E-state index in [1.54, 1.807) is 0 Å². The second-order valence-corrected chi connectivity index (χ2v) is 13.9. The molecule has 1 atom stereocenters. The Hall–Kier alpha value is -2.63. The minimum absolute atomic E-state index is 0.0879. The van der Waals surface area contributed by atoms with Crippen molar-refractivity contribution in [3.05, 3.63) is 48.6 Å². The highest BCUT2D eigenvalue weighted by molar-refractivity contribution is 5.71. The monoisotopic (exact) mass is 715 g/mol. The molecule has 0 aliphatic carbocycles. The van der Waals surface area contributed by atoms with Crippen molar-refractivity contribution in [2.75, 3.05) is 13.2 Å². The van der Waals surface area contributed by atoms with Crippen LogP contribution in [0.1, 0.15) is 201 Å². The van der Waals surface area contributed by atoms with Crippen molar-refractivity contribution in [3.8, 4) is 0 Å². The molecule has 51 heavy (non-hydrogen) atoms. The first-order valence-corrected chi connectivity index (χ1v) is 21.1. The topological polar surface area (TPSA) is 78.9 Å². The van der Waals surface area contributed by atoms with Crippen molar-refractivity contribution in [2.24, 2.45) is 0 Å². The SMILES string of the molecule is CC/C=C\C/C=C\C/C=C\CCCCC(=O)OCC(COC(=O)CCCCCCCCCCC)OC(=O)CCCCCCC/C=C\CCCCC. The number of rotatable bonds is 37. The van der Waals surface area contributed by atoms with E-state index in [9.17, 15) is 14.4 Å². The predicted molar refractivity (Wildman–Crippen MR) is 215 cm³/mol. The van der Waals surface area contributed by atoms with Crippen LogP contribution in [0.15, 0.2) is 48.6 Å². The highest BCUT2D eigenvalue weighted by atomic mass is 16.6. The summed E-state index contributed by atoms with van der Waals surface area (Å²) >= 11 is 0. The van der Waals surface area contributed by atoms with Gasteiger partial charge in [-0.25, -0.2) is 0 Å². The van der Waals surface area contributed by atoms with E-state index < -0.39 is 6.10 Å². The summed E-state index contributed by atoms with van der Waals surface area (Å²) in [5.74, 6) is -0.946. The van der Waals surface area contributed by atoms with E-state index in [2.05, 4.69) is 69.4 Å². The van der Waals surface area contributed by atoms with E-state index in [-0.39, 0.29) is 31.1 Å². The number of ether oxygens (including phenoxy) is 3. The van der Waals surface area contributed by atoms with Gasteiger partial charge in [-0.15, -0.1) is 0 Å². The molecule has 0 bridgehead atoms. The highest BCUT2D eigenvalue weighted by Gasteiger charge is 2.19. The van der Waals surface area contributed by atoms with Crippen molar-refractivity contribution in [2.45, 2.75) is 207 Å². The van der Waals surface area contributed by atoms with Crippen molar-refractivity contribution >= 4 is 17.9 Å². The van der Waals surface area contributed by atoms with Crippen LogP contribution in [0.3, 0.4) is 0 Å². The van der Waals surface area contributed by atoms with Gasteiger partial charge in [-0.05, 0) is 77.0 Å². The first-order valence-electron chi connectivity index (χ1n) is 21.1. The van der Waals surface area contributed by atoms with Gasteiger partial charge in [0.1, 0.15) is 13.2 Å². The van der Waals surface area contributed by atoms with Crippen LogP contribution in [0.2, 0.25) is 0 Å². The molecule has 0 spiro atoms. The largest absolute Gasteiger partial charge is 0.462 e. The maximum atomic E-state index is 12.7. The Morgan fingerprint density at radius 2 is 0.765 bits per heavy atom. The molecule has 294 valence electrons. The zero-order valence-corrected chi connectivity index (χ0v) is 33.4. The third-order valence-corrected chi connectivity index (χ3v) is 8.82. The van der Waals surface area contributed by atoms with Crippen molar-refractivity contribution in [3.63, 3.8) is 0 Å². The molecule has 1 unspecified atom stereocenters. The van der Waals surface area contributed by atoms with Crippen LogP contribution in [-0.4, -0.2) is 37.2 Å². The van der Waals surface area contributed by atoms with E-state index in [4.69, 9.17) is 14.2 Å². The summed E-state index contributed by atoms with van der Waals surface area (Å²) in [4.78, 5) is 37.5. The molecule has 0 aromatic heterocycles. The van der Waals surface area contributed by atoms with Gasteiger partial charge in [0, 0.05) is 19.3 Å². The van der Waals surface area contributed by atoms with Crippen molar-refractivity contribution in [1.82, 2.24) is 0 Å². The van der Waals surface area contributed by atoms with E-state index >= 15 is 0 Å². The average Bonchev–Trinajstić information content (AvgIpc) is 3.12. The molecule has 0 radical (unpaired) electrons. The van der Waals surface area contributed by atoms with Crippen LogP contribution in [-0.2, 0) is 28.6 Å². The molecule has 0 aromatic carbocycles. The Labute approximate surface area is 314 Å². The van der Waals surface area contributed by atoms with Gasteiger partial charge in [-0.3, -0.25) is 14.4 Å². The molecular weight excluding hydrogens is 636 g/mol. The maximum Gasteiger partial charge on any atom is 0.306 e. The quantitative estimate of drug-likeness (QED) is 0.0276. The Bertz CT molecular complexity index is 918. The normalized spacial score (nSPS) is 12.5. The van der Waals surface area contributed by atoms with Crippen LogP contribution in [0.4, 0.5) is 0 Å². The fraction of sp³-hybridized carbons (Fsp3) is 0.756. The number of hydrogen-bond donors (Lipinski definition) is 0. The predicted octanol–water partition coefficient (Wildman–Crippen LogP) is 13.2. The lowest BCUT2D eigenvalue weighted by Crippen LogP contribution is -2.30. The zero-order chi connectivity index (χ0) is 37.3. The Morgan fingerprint density at radius 1 is 0.412 bits per heavy atom. The Balaban J connectivity index is 4.44. The molecule has 0 fully saturated rings. The van der Waals surface area contributed by atoms with Gasteiger partial charge >= 0.3 is 17.9 Å². The molecule has 0 N–H and O–H groups in total. The third kappa shape index (κ3) is 38.4. The number of hydrogen-bond acceptors (Lipinski definition) is 6. The number of unbranched alkanes of at least 4 members (excludes halogenated alkanes) is 18. The van der Waals surface area contributed by atoms with Gasteiger partial charge in [0.05, 0.1) is 0 Å². The molecule has 6 heteroatoms. The lowest BCUT2D eigenvalue weighted by molar-refractivity contribution is -0.167. The summed E-state index contributed by atoms with van der Waals surface area (Å²) in [5.41, 5.74) is 0. The number of carbonyl (C=O) groups excluding carboxylic acids is 3. The standard InChI is InChI=1S/C45H78O6/c1-4-7-10-13-16-19-21-23-26-29-32-35-38-44(47)50-41-42(40-49-43(46)37-34-31-28-25-18-15-12-9-6-3)51-45(48)39-36-33-30-27-24-22-20-17-14-11-8-5-2/h7,10,16-17,19-20,23,26,42H,4-6,8-9,11-15,18,21-22,24-25,27-41H2,1-3H3/b10-7-,19-16-,20-17-,26-23-. The number of allylic oxidation sites excluding steroid dienone is 8. The molecule has 0 rings (SSSR count). The first-order chi connectivity index (χ1) is 25.0. The molecule has 0 amide bonds. The Morgan fingerprint density at radius 3 is 1.29 bits per heavy atom. The molecule has 0 aliphatic heterocycles. The van der Waals surface area contributed by atoms with E-state index in [1.807, 2.05) is 0 Å². The second kappa shape index (κ2) is 40.1. The minimum atomic E-state index is -0.786. The van der Waals surface area contributed by atoms with Gasteiger partial charge in [0.15, 0.2) is 6.10 Å². The van der Waals surface area contributed by atoms with Crippen LogP contribution >= 0.6 is 0 Å². The summed E-state index contributed by atoms with van der Waals surface area (Å²) < 4.78 is 16.6. The fourth-order valence-electron chi connectivity index (χ4n) is 5.62. The molecule has 0 saturated carbocycles. The Kier molecular flexibility index (Phi) is 38.1. The van der Waals surface area contributed by atoms with Gasteiger partial charge in [0.25, 0.3) is 0 Å². The van der Waals surface area contributed by atoms with Gasteiger partial charge in [0.2, 0.25) is 0 Å². The number of esters is 3. The van der Waals surface area contributed by atoms with E-state index in [0.717, 1.165) is 89.9 Å². The summed E-state index contributed by atoms with van der Waals surface area (Å²) in [6.45, 7) is 6.41. The summed E-state index contributed by atoms with van der Waals surface area (Å²) in [6, 6.07) is 0. The summed E-state index contributed by atoms with van der Waals surface area (Å²) in [7, 11) is 0. The van der Waals surface area contributed by atoms with Crippen LogP contribution in [0.25, 0.3) is 0 Å². The molecule has 6 nitrogen and oxygen atoms in total. The summed E-state index contributed by atoms with van der Waals surface area (Å²) in [5, 5.41) is 0. The smallest absolute Gasteiger partial charge is 0.306 e. The van der Waals surface area contributed by atoms with Gasteiger partial charge in [-0.2, -0.15) is 0 Å². The van der Waals surface area contributed by atoms with Crippen LogP contribution < -0.4 is 0 Å². The zero-order valence-electron chi connectivity index (χ0n) is 33.4. The van der Waals surface area contributed by atoms with E-state index in [0.29, 0.717) is 19.3 Å². The molecule has 0 aliphatic rings. The molecular formula is C45H78O6. The van der Waals surface area contributed by atoms with E-state index in [1.165, 1.54) is 70.6 Å². The minimum Gasteiger partial charge on any atom is -0.462 e. The second-order valence-electron chi connectivity index (χ2n) is 13.9. The molecule has 0 aromatic rings. The van der Waals surface area contributed by atoms with Crippen molar-refractivity contribution in [1.29, 1.82) is 0 Å². The van der Waals surface area contributed by atoms with Gasteiger partial charge < -0.3 is 14.2 Å². The molecule has 0 saturated heterocycles. The average molecular weight is 715 g/mol. The lowest BCUT2D eigenvalue weighted by Gasteiger charge is -2.18. The van der Waals surface area contributed by atoms with Crippen molar-refractivity contribution < 1.29 is 28.6 Å². The third-order valence-electron chi connectivity index (χ3n) is 8.82.